The van der Waals surface area contributed by atoms with Crippen molar-refractivity contribution in [2.24, 2.45) is 0 Å². The smallest absolute Gasteiger partial charge is 0.297 e. The molecule has 0 aliphatic carbocycles. The van der Waals surface area contributed by atoms with Gasteiger partial charge in [-0.3, -0.25) is 14.8 Å². The molecule has 25 heavy (non-hydrogen) atoms. The SMILES string of the molecule is Fc1ccccc1CN1CCN(Cc2ccnc(C(F)(F)F)c2)CC1. The highest BCUT2D eigenvalue weighted by atomic mass is 19.4. The molecule has 0 spiro atoms. The molecule has 1 fully saturated rings. The van der Waals surface area contributed by atoms with Crippen LogP contribution in [0, 0.1) is 5.82 Å². The molecular formula is C18H19F4N3. The lowest BCUT2D eigenvalue weighted by atomic mass is 10.1. The standard InChI is InChI=1S/C18H19F4N3/c19-16-4-2-1-3-15(16)13-25-9-7-24(8-10-25)12-14-5-6-23-17(11-14)18(20,21)22/h1-6,11H,7-10,12-13H2. The third kappa shape index (κ3) is 4.76. The summed E-state index contributed by atoms with van der Waals surface area (Å²) in [4.78, 5) is 7.64. The molecule has 1 saturated heterocycles. The second-order valence-corrected chi connectivity index (χ2v) is 6.19. The molecule has 0 saturated carbocycles. The summed E-state index contributed by atoms with van der Waals surface area (Å²) >= 11 is 0. The van der Waals surface area contributed by atoms with Crippen LogP contribution in [-0.4, -0.2) is 41.0 Å². The number of benzene rings is 1. The number of piperazine rings is 1. The van der Waals surface area contributed by atoms with Crippen molar-refractivity contribution in [2.45, 2.75) is 19.3 Å². The Hall–Kier alpha value is -1.99. The number of alkyl halides is 3. The largest absolute Gasteiger partial charge is 0.433 e. The molecule has 0 bridgehead atoms. The minimum Gasteiger partial charge on any atom is -0.297 e. The summed E-state index contributed by atoms with van der Waals surface area (Å²) in [7, 11) is 0. The molecule has 1 aliphatic heterocycles. The van der Waals surface area contributed by atoms with Gasteiger partial charge in [-0.15, -0.1) is 0 Å². The average Bonchev–Trinajstić information content (AvgIpc) is 2.58. The van der Waals surface area contributed by atoms with Gasteiger partial charge in [-0.25, -0.2) is 4.39 Å². The molecule has 0 radical (unpaired) electrons. The number of halogens is 4. The van der Waals surface area contributed by atoms with Crippen LogP contribution in [-0.2, 0) is 19.3 Å². The summed E-state index contributed by atoms with van der Waals surface area (Å²) in [6.07, 6.45) is -3.22. The van der Waals surface area contributed by atoms with Gasteiger partial charge in [0.2, 0.25) is 0 Å². The van der Waals surface area contributed by atoms with Crippen molar-refractivity contribution in [1.82, 2.24) is 14.8 Å². The van der Waals surface area contributed by atoms with Crippen LogP contribution < -0.4 is 0 Å². The van der Waals surface area contributed by atoms with Gasteiger partial charge in [0.1, 0.15) is 11.5 Å². The van der Waals surface area contributed by atoms with Crippen LogP contribution in [0.1, 0.15) is 16.8 Å². The molecule has 3 rings (SSSR count). The Balaban J connectivity index is 1.54. The zero-order valence-electron chi connectivity index (χ0n) is 13.6. The fourth-order valence-corrected chi connectivity index (χ4v) is 2.96. The van der Waals surface area contributed by atoms with Gasteiger partial charge in [0.05, 0.1) is 0 Å². The van der Waals surface area contributed by atoms with E-state index in [1.807, 2.05) is 6.07 Å². The first-order chi connectivity index (χ1) is 11.9. The summed E-state index contributed by atoms with van der Waals surface area (Å²) in [6, 6.07) is 9.42. The Kier molecular flexibility index (Phi) is 5.34. The van der Waals surface area contributed by atoms with E-state index in [9.17, 15) is 17.6 Å². The molecule has 3 nitrogen and oxygen atoms in total. The Morgan fingerprint density at radius 2 is 1.56 bits per heavy atom. The number of hydrogen-bond donors (Lipinski definition) is 0. The summed E-state index contributed by atoms with van der Waals surface area (Å²) in [5.74, 6) is -0.207. The van der Waals surface area contributed by atoms with Gasteiger partial charge in [-0.2, -0.15) is 13.2 Å². The van der Waals surface area contributed by atoms with Gasteiger partial charge >= 0.3 is 6.18 Å². The van der Waals surface area contributed by atoms with Crippen LogP contribution in [0.15, 0.2) is 42.6 Å². The Bertz CT molecular complexity index is 709. The van der Waals surface area contributed by atoms with E-state index in [1.54, 1.807) is 18.2 Å². The number of pyridine rings is 1. The van der Waals surface area contributed by atoms with Gasteiger partial charge in [0, 0.05) is 51.0 Å². The van der Waals surface area contributed by atoms with E-state index in [0.29, 0.717) is 24.2 Å². The minimum absolute atomic E-state index is 0.207. The molecule has 0 unspecified atom stereocenters. The van der Waals surface area contributed by atoms with Crippen LogP contribution in [0.2, 0.25) is 0 Å². The highest BCUT2D eigenvalue weighted by Gasteiger charge is 2.32. The van der Waals surface area contributed by atoms with Crippen molar-refractivity contribution < 1.29 is 17.6 Å². The van der Waals surface area contributed by atoms with Gasteiger partial charge in [0.25, 0.3) is 0 Å². The number of rotatable bonds is 4. The molecular weight excluding hydrogens is 334 g/mol. The maximum absolute atomic E-state index is 13.7. The summed E-state index contributed by atoms with van der Waals surface area (Å²) in [6.45, 7) is 3.99. The van der Waals surface area contributed by atoms with E-state index < -0.39 is 11.9 Å². The van der Waals surface area contributed by atoms with Gasteiger partial charge < -0.3 is 0 Å². The zero-order valence-corrected chi connectivity index (χ0v) is 13.6. The van der Waals surface area contributed by atoms with Crippen LogP contribution in [0.3, 0.4) is 0 Å². The fourth-order valence-electron chi connectivity index (χ4n) is 2.96. The lowest BCUT2D eigenvalue weighted by Gasteiger charge is -2.34. The molecule has 1 aromatic heterocycles. The lowest BCUT2D eigenvalue weighted by molar-refractivity contribution is -0.141. The maximum Gasteiger partial charge on any atom is 0.433 e. The van der Waals surface area contributed by atoms with Crippen molar-refractivity contribution in [3.05, 3.63) is 65.2 Å². The Morgan fingerprint density at radius 3 is 2.20 bits per heavy atom. The molecule has 134 valence electrons. The van der Waals surface area contributed by atoms with Crippen molar-refractivity contribution in [1.29, 1.82) is 0 Å². The zero-order chi connectivity index (χ0) is 17.9. The molecule has 1 aliphatic rings. The first kappa shape index (κ1) is 17.8. The predicted molar refractivity (Wildman–Crippen MR) is 86.2 cm³/mol. The molecule has 0 amide bonds. The first-order valence-corrected chi connectivity index (χ1v) is 8.12. The van der Waals surface area contributed by atoms with Crippen molar-refractivity contribution in [2.75, 3.05) is 26.2 Å². The van der Waals surface area contributed by atoms with E-state index in [1.165, 1.54) is 12.3 Å². The van der Waals surface area contributed by atoms with Gasteiger partial charge in [-0.05, 0) is 23.8 Å². The van der Waals surface area contributed by atoms with E-state index >= 15 is 0 Å². The Labute approximate surface area is 143 Å². The molecule has 7 heteroatoms. The van der Waals surface area contributed by atoms with Gasteiger partial charge in [0.15, 0.2) is 0 Å². The van der Waals surface area contributed by atoms with Gasteiger partial charge in [-0.1, -0.05) is 18.2 Å². The topological polar surface area (TPSA) is 19.4 Å². The number of aromatic nitrogens is 1. The molecule has 2 aromatic rings. The molecule has 2 heterocycles. The summed E-state index contributed by atoms with van der Waals surface area (Å²) in [5.41, 5.74) is 0.410. The van der Waals surface area contributed by atoms with Crippen LogP contribution in [0.5, 0.6) is 0 Å². The third-order valence-corrected chi connectivity index (χ3v) is 4.34. The van der Waals surface area contributed by atoms with Crippen molar-refractivity contribution >= 4 is 0 Å². The maximum atomic E-state index is 13.7. The minimum atomic E-state index is -4.42. The van der Waals surface area contributed by atoms with Crippen LogP contribution in [0.25, 0.3) is 0 Å². The highest BCUT2D eigenvalue weighted by molar-refractivity contribution is 5.19. The Morgan fingerprint density at radius 1 is 0.920 bits per heavy atom. The van der Waals surface area contributed by atoms with E-state index in [0.717, 1.165) is 32.2 Å². The molecule has 0 N–H and O–H groups in total. The van der Waals surface area contributed by atoms with Crippen LogP contribution >= 0.6 is 0 Å². The average molecular weight is 353 g/mol. The predicted octanol–water partition coefficient (Wildman–Crippen LogP) is 3.56. The monoisotopic (exact) mass is 353 g/mol. The summed E-state index contributed by atoms with van der Waals surface area (Å²) in [5, 5.41) is 0. The van der Waals surface area contributed by atoms with E-state index in [-0.39, 0.29) is 5.82 Å². The number of nitrogens with zero attached hydrogens (tertiary/aromatic N) is 3. The quantitative estimate of drug-likeness (QED) is 0.784. The van der Waals surface area contributed by atoms with Crippen molar-refractivity contribution in [3.63, 3.8) is 0 Å². The van der Waals surface area contributed by atoms with E-state index in [4.69, 9.17) is 0 Å². The van der Waals surface area contributed by atoms with Crippen molar-refractivity contribution in [3.8, 4) is 0 Å². The fraction of sp³-hybridized carbons (Fsp3) is 0.389. The summed E-state index contributed by atoms with van der Waals surface area (Å²) < 4.78 is 51.9. The second-order valence-electron chi connectivity index (χ2n) is 6.19. The van der Waals surface area contributed by atoms with Crippen LogP contribution in [0.4, 0.5) is 17.6 Å². The molecule has 1 aromatic carbocycles. The highest BCUT2D eigenvalue weighted by Crippen LogP contribution is 2.28. The third-order valence-electron chi connectivity index (χ3n) is 4.34. The van der Waals surface area contributed by atoms with E-state index in [2.05, 4.69) is 14.8 Å². The molecule has 0 atom stereocenters. The lowest BCUT2D eigenvalue weighted by Crippen LogP contribution is -2.45. The first-order valence-electron chi connectivity index (χ1n) is 8.12. The number of hydrogen-bond acceptors (Lipinski definition) is 3. The second kappa shape index (κ2) is 7.49. The normalized spacial score (nSPS) is 17.0.